The van der Waals surface area contributed by atoms with Crippen LogP contribution in [0.2, 0.25) is 0 Å². The summed E-state index contributed by atoms with van der Waals surface area (Å²) >= 11 is 5.03. The van der Waals surface area contributed by atoms with Crippen molar-refractivity contribution >= 4 is 27.3 Å². The lowest BCUT2D eigenvalue weighted by Gasteiger charge is -2.06. The zero-order valence-corrected chi connectivity index (χ0v) is 8.67. The highest BCUT2D eigenvalue weighted by Crippen LogP contribution is 2.20. The zero-order chi connectivity index (χ0) is 11.6. The highest BCUT2D eigenvalue weighted by atomic mass is 35.5. The second kappa shape index (κ2) is 4.28. The first-order chi connectivity index (χ1) is 6.87. The van der Waals surface area contributed by atoms with Gasteiger partial charge in [0.25, 0.3) is 0 Å². The van der Waals surface area contributed by atoms with Gasteiger partial charge in [-0.1, -0.05) is 0 Å². The topological polar surface area (TPSA) is 46.2 Å². The lowest BCUT2D eigenvalue weighted by atomic mass is 10.3. The Bertz CT molecular complexity index is 477. The first-order valence-electron chi connectivity index (χ1n) is 3.57. The van der Waals surface area contributed by atoms with Gasteiger partial charge < -0.3 is 0 Å². The minimum Gasteiger partial charge on any atom is -0.279 e. The Kier molecular flexibility index (Phi) is 3.46. The molecule has 1 aromatic rings. The predicted molar refractivity (Wildman–Crippen MR) is 49.6 cm³/mol. The molecule has 0 heterocycles. The molecule has 0 amide bonds. The number of benzene rings is 1. The van der Waals surface area contributed by atoms with Gasteiger partial charge in [-0.2, -0.15) is 0 Å². The van der Waals surface area contributed by atoms with E-state index in [4.69, 9.17) is 11.6 Å². The molecular weight excluding hydrogens is 255 g/mol. The maximum absolute atomic E-state index is 12.9. The number of anilines is 1. The molecular formula is C7H5ClF3NO2S. The Hall–Kier alpha value is -0.950. The van der Waals surface area contributed by atoms with Gasteiger partial charge in [-0.25, -0.2) is 21.6 Å². The Morgan fingerprint density at radius 3 is 2.33 bits per heavy atom. The molecule has 0 bridgehead atoms. The standard InChI is InChI=1S/C7H5ClF3NO2S/c8-3-15(13,14)12-5-2-1-4(9)6(10)7(5)11/h1-2,12H,3H2. The minimum atomic E-state index is -3.94. The fourth-order valence-electron chi connectivity index (χ4n) is 0.800. The molecule has 0 atom stereocenters. The van der Waals surface area contributed by atoms with Gasteiger partial charge in [-0.3, -0.25) is 4.72 Å². The smallest absolute Gasteiger partial charge is 0.246 e. The molecule has 0 radical (unpaired) electrons. The highest BCUT2D eigenvalue weighted by Gasteiger charge is 2.17. The van der Waals surface area contributed by atoms with Crippen molar-refractivity contribution in [2.24, 2.45) is 0 Å². The zero-order valence-electron chi connectivity index (χ0n) is 7.10. The van der Waals surface area contributed by atoms with Crippen LogP contribution in [0.4, 0.5) is 18.9 Å². The molecule has 1 aromatic carbocycles. The van der Waals surface area contributed by atoms with E-state index in [2.05, 4.69) is 0 Å². The third kappa shape index (κ3) is 2.75. The monoisotopic (exact) mass is 259 g/mol. The molecule has 1 rings (SSSR count). The summed E-state index contributed by atoms with van der Waals surface area (Å²) in [5.41, 5.74) is -0.686. The van der Waals surface area contributed by atoms with Crippen molar-refractivity contribution < 1.29 is 21.6 Å². The van der Waals surface area contributed by atoms with Crippen LogP contribution in [0, 0.1) is 17.5 Å². The van der Waals surface area contributed by atoms with E-state index < -0.39 is 38.4 Å². The van der Waals surface area contributed by atoms with Crippen LogP contribution in [-0.4, -0.2) is 13.6 Å². The van der Waals surface area contributed by atoms with Gasteiger partial charge in [-0.05, 0) is 12.1 Å². The summed E-state index contributed by atoms with van der Waals surface area (Å²) in [6.07, 6.45) is 0. The molecule has 0 fully saturated rings. The van der Waals surface area contributed by atoms with Crippen LogP contribution < -0.4 is 4.72 Å². The number of rotatable bonds is 3. The van der Waals surface area contributed by atoms with E-state index in [1.165, 1.54) is 0 Å². The average molecular weight is 260 g/mol. The Labute approximate surface area is 88.9 Å². The fraction of sp³-hybridized carbons (Fsp3) is 0.143. The molecule has 84 valence electrons. The summed E-state index contributed by atoms with van der Waals surface area (Å²) in [6.45, 7) is 0. The van der Waals surface area contributed by atoms with Crippen LogP contribution in [0.3, 0.4) is 0 Å². The van der Waals surface area contributed by atoms with E-state index in [1.807, 2.05) is 0 Å². The molecule has 0 saturated heterocycles. The van der Waals surface area contributed by atoms with E-state index in [0.29, 0.717) is 6.07 Å². The van der Waals surface area contributed by atoms with E-state index in [0.717, 1.165) is 6.07 Å². The van der Waals surface area contributed by atoms with Crippen molar-refractivity contribution in [3.05, 3.63) is 29.6 Å². The van der Waals surface area contributed by atoms with Crippen molar-refractivity contribution in [3.8, 4) is 0 Å². The van der Waals surface area contributed by atoms with Gasteiger partial charge >= 0.3 is 0 Å². The highest BCUT2D eigenvalue weighted by molar-refractivity contribution is 7.93. The number of alkyl halides is 1. The van der Waals surface area contributed by atoms with Crippen LogP contribution >= 0.6 is 11.6 Å². The van der Waals surface area contributed by atoms with Crippen LogP contribution in [0.1, 0.15) is 0 Å². The number of hydrogen-bond donors (Lipinski definition) is 1. The second-order valence-corrected chi connectivity index (χ2v) is 4.86. The van der Waals surface area contributed by atoms with Crippen molar-refractivity contribution in [3.63, 3.8) is 0 Å². The molecule has 0 aliphatic carbocycles. The fourth-order valence-corrected chi connectivity index (χ4v) is 1.51. The summed E-state index contributed by atoms with van der Waals surface area (Å²) < 4.78 is 61.5. The van der Waals surface area contributed by atoms with Crippen molar-refractivity contribution in [2.45, 2.75) is 0 Å². The maximum atomic E-state index is 12.9. The molecule has 3 nitrogen and oxygen atoms in total. The molecule has 0 aliphatic rings. The van der Waals surface area contributed by atoms with E-state index >= 15 is 0 Å². The minimum absolute atomic E-state index is 0.602. The molecule has 15 heavy (non-hydrogen) atoms. The van der Waals surface area contributed by atoms with Crippen molar-refractivity contribution in [1.29, 1.82) is 0 Å². The number of halogens is 4. The average Bonchev–Trinajstić information content (AvgIpc) is 2.19. The van der Waals surface area contributed by atoms with Gasteiger partial charge in [0.2, 0.25) is 10.0 Å². The summed E-state index contributed by atoms with van der Waals surface area (Å²) in [7, 11) is -3.94. The third-order valence-corrected chi connectivity index (χ3v) is 3.12. The second-order valence-electron chi connectivity index (χ2n) is 2.55. The SMILES string of the molecule is O=S(=O)(CCl)Nc1ccc(F)c(F)c1F. The lowest BCUT2D eigenvalue weighted by molar-refractivity contribution is 0.449. The summed E-state index contributed by atoms with van der Waals surface area (Å²) in [5, 5.41) is -0.814. The Morgan fingerprint density at radius 1 is 1.20 bits per heavy atom. The molecule has 0 aromatic heterocycles. The van der Waals surface area contributed by atoms with Crippen LogP contribution in [0.15, 0.2) is 12.1 Å². The van der Waals surface area contributed by atoms with Gasteiger partial charge in [0.1, 0.15) is 5.21 Å². The molecule has 1 N–H and O–H groups in total. The number of nitrogens with one attached hydrogen (secondary N) is 1. The maximum Gasteiger partial charge on any atom is 0.246 e. The van der Waals surface area contributed by atoms with Crippen molar-refractivity contribution in [2.75, 3.05) is 9.93 Å². The molecule has 0 aliphatic heterocycles. The van der Waals surface area contributed by atoms with Crippen molar-refractivity contribution in [1.82, 2.24) is 0 Å². The Balaban J connectivity index is 3.13. The number of hydrogen-bond acceptors (Lipinski definition) is 2. The van der Waals surface area contributed by atoms with Gasteiger partial charge in [0.15, 0.2) is 17.5 Å². The molecule has 0 spiro atoms. The van der Waals surface area contributed by atoms with Crippen LogP contribution in [-0.2, 0) is 10.0 Å². The van der Waals surface area contributed by atoms with E-state index in [-0.39, 0.29) is 0 Å². The van der Waals surface area contributed by atoms with Gasteiger partial charge in [0, 0.05) is 0 Å². The Morgan fingerprint density at radius 2 is 1.80 bits per heavy atom. The molecule has 8 heteroatoms. The predicted octanol–water partition coefficient (Wildman–Crippen LogP) is 2.04. The largest absolute Gasteiger partial charge is 0.279 e. The quantitative estimate of drug-likeness (QED) is 0.667. The number of sulfonamides is 1. The normalized spacial score (nSPS) is 11.5. The molecule has 0 saturated carbocycles. The summed E-state index contributed by atoms with van der Waals surface area (Å²) in [4.78, 5) is 0. The van der Waals surface area contributed by atoms with Gasteiger partial charge in [0.05, 0.1) is 5.69 Å². The molecule has 0 unspecified atom stereocenters. The van der Waals surface area contributed by atoms with Crippen LogP contribution in [0.25, 0.3) is 0 Å². The van der Waals surface area contributed by atoms with Gasteiger partial charge in [-0.15, -0.1) is 11.6 Å². The summed E-state index contributed by atoms with van der Waals surface area (Å²) in [5.74, 6) is -4.75. The lowest BCUT2D eigenvalue weighted by Crippen LogP contribution is -2.15. The third-order valence-electron chi connectivity index (χ3n) is 1.44. The van der Waals surface area contributed by atoms with E-state index in [1.54, 1.807) is 4.72 Å². The first kappa shape index (κ1) is 12.1. The summed E-state index contributed by atoms with van der Waals surface area (Å²) in [6, 6.07) is 1.36. The first-order valence-corrected chi connectivity index (χ1v) is 5.76. The van der Waals surface area contributed by atoms with Crippen LogP contribution in [0.5, 0.6) is 0 Å². The van der Waals surface area contributed by atoms with E-state index in [9.17, 15) is 21.6 Å².